The van der Waals surface area contributed by atoms with Gasteiger partial charge in [-0.15, -0.1) is 0 Å². The Kier molecular flexibility index (Phi) is 12.0. The minimum absolute atomic E-state index is 0.0847. The van der Waals surface area contributed by atoms with Gasteiger partial charge >= 0.3 is 11.9 Å². The SMILES string of the molecule is COc1cc(CC[C@H](C[C@H](CCCCCCc2ccccc2)OC(C)=O)OC(C)=O)ccc1O. The summed E-state index contributed by atoms with van der Waals surface area (Å²) in [7, 11) is 1.51. The molecular formula is C28H38O6. The molecule has 186 valence electrons. The van der Waals surface area contributed by atoms with Gasteiger partial charge in [0.15, 0.2) is 11.5 Å². The molecule has 2 aromatic carbocycles. The molecule has 0 unspecified atom stereocenters. The summed E-state index contributed by atoms with van der Waals surface area (Å²) in [5, 5.41) is 9.79. The Balaban J connectivity index is 1.84. The first-order chi connectivity index (χ1) is 16.4. The van der Waals surface area contributed by atoms with E-state index in [9.17, 15) is 14.7 Å². The number of ether oxygens (including phenoxy) is 3. The van der Waals surface area contributed by atoms with Crippen LogP contribution in [0.15, 0.2) is 48.5 Å². The van der Waals surface area contributed by atoms with E-state index >= 15 is 0 Å². The van der Waals surface area contributed by atoms with Crippen LogP contribution >= 0.6 is 0 Å². The van der Waals surface area contributed by atoms with E-state index in [2.05, 4.69) is 24.3 Å². The van der Waals surface area contributed by atoms with Gasteiger partial charge < -0.3 is 19.3 Å². The Bertz CT molecular complexity index is 880. The van der Waals surface area contributed by atoms with Crippen molar-refractivity contribution in [3.05, 3.63) is 59.7 Å². The van der Waals surface area contributed by atoms with Crippen molar-refractivity contribution in [2.24, 2.45) is 0 Å². The highest BCUT2D eigenvalue weighted by molar-refractivity contribution is 5.66. The molecule has 0 spiro atoms. The van der Waals surface area contributed by atoms with Crippen molar-refractivity contribution in [2.75, 3.05) is 7.11 Å². The fourth-order valence-electron chi connectivity index (χ4n) is 4.12. The van der Waals surface area contributed by atoms with Crippen LogP contribution in [0.4, 0.5) is 0 Å². The van der Waals surface area contributed by atoms with E-state index in [1.807, 2.05) is 12.1 Å². The fraction of sp³-hybridized carbons (Fsp3) is 0.500. The smallest absolute Gasteiger partial charge is 0.302 e. The van der Waals surface area contributed by atoms with Gasteiger partial charge in [0.25, 0.3) is 0 Å². The largest absolute Gasteiger partial charge is 0.504 e. The van der Waals surface area contributed by atoms with Gasteiger partial charge in [0.05, 0.1) is 7.11 Å². The first-order valence-electron chi connectivity index (χ1n) is 12.1. The van der Waals surface area contributed by atoms with Crippen LogP contribution in [0.3, 0.4) is 0 Å². The van der Waals surface area contributed by atoms with Crippen LogP contribution in [0.1, 0.15) is 69.9 Å². The van der Waals surface area contributed by atoms with Gasteiger partial charge in [-0.05, 0) is 61.8 Å². The topological polar surface area (TPSA) is 82.1 Å². The number of carbonyl (C=O) groups excluding carboxylic acids is 2. The van der Waals surface area contributed by atoms with Crippen LogP contribution in [0, 0.1) is 0 Å². The van der Waals surface area contributed by atoms with Crippen molar-refractivity contribution < 1.29 is 28.9 Å². The Morgan fingerprint density at radius 1 is 0.794 bits per heavy atom. The standard InChI is InChI=1S/C28H38O6/c1-21(29)33-25(14-10-5-4-7-11-23-12-8-6-9-13-23)20-26(34-22(2)30)17-15-24-16-18-27(31)28(19-24)32-3/h6,8-9,12-13,16,18-19,25-26,31H,4-5,7,10-11,14-15,17,20H2,1-3H3/t25-,26+/m0/s1. The summed E-state index contributed by atoms with van der Waals surface area (Å²) in [5.41, 5.74) is 2.32. The van der Waals surface area contributed by atoms with Crippen molar-refractivity contribution in [3.63, 3.8) is 0 Å². The lowest BCUT2D eigenvalue weighted by atomic mass is 9.98. The summed E-state index contributed by atoms with van der Waals surface area (Å²) < 4.78 is 16.3. The second kappa shape index (κ2) is 15.0. The van der Waals surface area contributed by atoms with E-state index in [-0.39, 0.29) is 29.9 Å². The van der Waals surface area contributed by atoms with E-state index in [1.165, 1.54) is 26.5 Å². The number of aromatic hydroxyl groups is 1. The lowest BCUT2D eigenvalue weighted by Gasteiger charge is -2.23. The molecule has 2 rings (SSSR count). The fourth-order valence-corrected chi connectivity index (χ4v) is 4.12. The first kappa shape index (κ1) is 27.2. The zero-order chi connectivity index (χ0) is 24.8. The molecule has 0 aliphatic heterocycles. The van der Waals surface area contributed by atoms with Crippen molar-refractivity contribution in [1.29, 1.82) is 0 Å². The average Bonchev–Trinajstić information content (AvgIpc) is 2.80. The molecule has 0 heterocycles. The summed E-state index contributed by atoms with van der Waals surface area (Å²) >= 11 is 0. The zero-order valence-electron chi connectivity index (χ0n) is 20.6. The molecule has 34 heavy (non-hydrogen) atoms. The van der Waals surface area contributed by atoms with Crippen LogP contribution in [0.5, 0.6) is 11.5 Å². The summed E-state index contributed by atoms with van der Waals surface area (Å²) in [6, 6.07) is 15.7. The number of methoxy groups -OCH3 is 1. The molecule has 6 heteroatoms. The molecule has 0 aliphatic rings. The number of carbonyl (C=O) groups is 2. The predicted octanol–water partition coefficient (Wildman–Crippen LogP) is 5.78. The van der Waals surface area contributed by atoms with Crippen molar-refractivity contribution in [2.45, 2.75) is 83.8 Å². The molecule has 0 saturated carbocycles. The summed E-state index contributed by atoms with van der Waals surface area (Å²) in [5.74, 6) is -0.178. The third kappa shape index (κ3) is 10.7. The molecular weight excluding hydrogens is 432 g/mol. The molecule has 0 amide bonds. The number of benzene rings is 2. The van der Waals surface area contributed by atoms with Crippen LogP contribution in [-0.4, -0.2) is 36.4 Å². The molecule has 0 fully saturated rings. The van der Waals surface area contributed by atoms with E-state index in [0.29, 0.717) is 25.0 Å². The number of hydrogen-bond donors (Lipinski definition) is 1. The van der Waals surface area contributed by atoms with Gasteiger partial charge in [0, 0.05) is 20.3 Å². The van der Waals surface area contributed by atoms with Crippen LogP contribution < -0.4 is 4.74 Å². The Labute approximate surface area is 203 Å². The minimum atomic E-state index is -0.361. The molecule has 6 nitrogen and oxygen atoms in total. The van der Waals surface area contributed by atoms with Crippen LogP contribution in [0.25, 0.3) is 0 Å². The number of hydrogen-bond acceptors (Lipinski definition) is 6. The Morgan fingerprint density at radius 3 is 2.09 bits per heavy atom. The lowest BCUT2D eigenvalue weighted by Crippen LogP contribution is -2.27. The lowest BCUT2D eigenvalue weighted by molar-refractivity contribution is -0.153. The van der Waals surface area contributed by atoms with Gasteiger partial charge in [0.2, 0.25) is 0 Å². The van der Waals surface area contributed by atoms with E-state index in [1.54, 1.807) is 12.1 Å². The summed E-state index contributed by atoms with van der Waals surface area (Å²) in [6.07, 6.45) is 7.14. The number of esters is 2. The molecule has 1 N–H and O–H groups in total. The third-order valence-electron chi connectivity index (χ3n) is 5.77. The Morgan fingerprint density at radius 2 is 1.44 bits per heavy atom. The van der Waals surface area contributed by atoms with Crippen molar-refractivity contribution >= 4 is 11.9 Å². The minimum Gasteiger partial charge on any atom is -0.504 e. The third-order valence-corrected chi connectivity index (χ3v) is 5.77. The maximum atomic E-state index is 11.7. The quantitative estimate of drug-likeness (QED) is 0.262. The molecule has 0 aliphatic carbocycles. The van der Waals surface area contributed by atoms with E-state index in [0.717, 1.165) is 44.1 Å². The Hall–Kier alpha value is -3.02. The van der Waals surface area contributed by atoms with Gasteiger partial charge in [-0.25, -0.2) is 0 Å². The van der Waals surface area contributed by atoms with Gasteiger partial charge in [0.1, 0.15) is 12.2 Å². The molecule has 2 aromatic rings. The first-order valence-corrected chi connectivity index (χ1v) is 12.1. The zero-order valence-corrected chi connectivity index (χ0v) is 20.6. The van der Waals surface area contributed by atoms with Crippen LogP contribution in [-0.2, 0) is 31.9 Å². The number of unbranched alkanes of at least 4 members (excludes halogenated alkanes) is 3. The summed E-state index contributed by atoms with van der Waals surface area (Å²) in [6.45, 7) is 2.81. The summed E-state index contributed by atoms with van der Waals surface area (Å²) in [4.78, 5) is 23.3. The molecule has 0 saturated heterocycles. The number of phenolic OH excluding ortho intramolecular Hbond substituents is 1. The van der Waals surface area contributed by atoms with E-state index in [4.69, 9.17) is 14.2 Å². The normalized spacial score (nSPS) is 12.6. The predicted molar refractivity (Wildman–Crippen MR) is 132 cm³/mol. The van der Waals surface area contributed by atoms with Gasteiger partial charge in [-0.1, -0.05) is 49.2 Å². The van der Waals surface area contributed by atoms with Crippen molar-refractivity contribution in [3.8, 4) is 11.5 Å². The van der Waals surface area contributed by atoms with Gasteiger partial charge in [-0.2, -0.15) is 0 Å². The monoisotopic (exact) mass is 470 g/mol. The van der Waals surface area contributed by atoms with Crippen molar-refractivity contribution in [1.82, 2.24) is 0 Å². The number of aryl methyl sites for hydroxylation is 2. The average molecular weight is 471 g/mol. The van der Waals surface area contributed by atoms with Crippen LogP contribution in [0.2, 0.25) is 0 Å². The highest BCUT2D eigenvalue weighted by atomic mass is 16.6. The maximum Gasteiger partial charge on any atom is 0.302 e. The molecule has 2 atom stereocenters. The highest BCUT2D eigenvalue weighted by Crippen LogP contribution is 2.27. The highest BCUT2D eigenvalue weighted by Gasteiger charge is 2.21. The molecule has 0 radical (unpaired) electrons. The maximum absolute atomic E-state index is 11.7. The molecule has 0 aromatic heterocycles. The van der Waals surface area contributed by atoms with Gasteiger partial charge in [-0.3, -0.25) is 9.59 Å². The number of phenols is 1. The van der Waals surface area contributed by atoms with E-state index < -0.39 is 0 Å². The molecule has 0 bridgehead atoms. The number of rotatable bonds is 15. The second-order valence-corrected chi connectivity index (χ2v) is 8.68. The second-order valence-electron chi connectivity index (χ2n) is 8.68.